The monoisotopic (exact) mass is 414 g/mol. The molecule has 0 radical (unpaired) electrons. The quantitative estimate of drug-likeness (QED) is 0.785. The van der Waals surface area contributed by atoms with Crippen LogP contribution in [0.25, 0.3) is 11.3 Å². The minimum Gasteiger partial charge on any atom is -0.487 e. The zero-order valence-electron chi connectivity index (χ0n) is 16.3. The van der Waals surface area contributed by atoms with E-state index in [2.05, 4.69) is 21.9 Å². The van der Waals surface area contributed by atoms with Crippen LogP contribution in [0.4, 0.5) is 14.7 Å². The van der Waals surface area contributed by atoms with Crippen LogP contribution in [0.5, 0.6) is 5.75 Å². The summed E-state index contributed by atoms with van der Waals surface area (Å²) in [5.41, 5.74) is 1.88. The van der Waals surface area contributed by atoms with E-state index in [1.165, 1.54) is 0 Å². The first-order chi connectivity index (χ1) is 14.2. The van der Waals surface area contributed by atoms with E-state index in [-0.39, 0.29) is 43.0 Å². The lowest BCUT2D eigenvalue weighted by atomic mass is 10.0. The Labute approximate surface area is 171 Å². The summed E-state index contributed by atoms with van der Waals surface area (Å²) in [5, 5.41) is 12.5. The molecule has 0 saturated carbocycles. The summed E-state index contributed by atoms with van der Waals surface area (Å²) in [7, 11) is 0. The second-order valence-electron chi connectivity index (χ2n) is 7.92. The Balaban J connectivity index is 1.64. The van der Waals surface area contributed by atoms with Crippen molar-refractivity contribution in [1.29, 1.82) is 0 Å². The topological polar surface area (TPSA) is 87.6 Å². The van der Waals surface area contributed by atoms with Gasteiger partial charge in [-0.3, -0.25) is 4.79 Å². The molecule has 1 aliphatic carbocycles. The molecule has 0 bridgehead atoms. The third kappa shape index (κ3) is 2.84. The highest BCUT2D eigenvalue weighted by Gasteiger charge is 2.45. The average Bonchev–Trinajstić information content (AvgIpc) is 2.95. The Morgan fingerprint density at radius 1 is 1.37 bits per heavy atom. The standard InChI is InChI=1S/C21H20F2N4O3/c1-10-9-30-16-7-12(3-4-13(16)19(29)24-10)17-14-5-6-21(22,23)18(14)26-20(25-17)27-8-15(28)11(27)2/h3-4,7,11,15,28H,1,5-6,8-9H2,2H3,(H,24,29)/t11-,15+/m0/s1. The van der Waals surface area contributed by atoms with Crippen molar-refractivity contribution >= 4 is 11.9 Å². The number of nitrogens with zero attached hydrogens (tertiary/aromatic N) is 3. The van der Waals surface area contributed by atoms with Crippen LogP contribution in [0.1, 0.15) is 35.0 Å². The van der Waals surface area contributed by atoms with E-state index in [4.69, 9.17) is 4.74 Å². The Bertz CT molecular complexity index is 1090. The number of amides is 1. The van der Waals surface area contributed by atoms with Crippen molar-refractivity contribution in [3.8, 4) is 17.0 Å². The fourth-order valence-electron chi connectivity index (χ4n) is 4.04. The highest BCUT2D eigenvalue weighted by atomic mass is 19.3. The zero-order chi connectivity index (χ0) is 21.2. The van der Waals surface area contributed by atoms with Crippen molar-refractivity contribution in [2.75, 3.05) is 18.1 Å². The molecule has 0 spiro atoms. The van der Waals surface area contributed by atoms with E-state index in [1.807, 2.05) is 0 Å². The molecule has 3 heterocycles. The predicted octanol–water partition coefficient (Wildman–Crippen LogP) is 2.39. The third-order valence-corrected chi connectivity index (χ3v) is 5.91. The van der Waals surface area contributed by atoms with Crippen LogP contribution >= 0.6 is 0 Å². The fourth-order valence-corrected chi connectivity index (χ4v) is 4.04. The van der Waals surface area contributed by atoms with Gasteiger partial charge in [-0.15, -0.1) is 0 Å². The maximum absolute atomic E-state index is 14.5. The summed E-state index contributed by atoms with van der Waals surface area (Å²) in [6.07, 6.45) is -0.709. The number of carbonyl (C=O) groups excluding carboxylic acids is 1. The van der Waals surface area contributed by atoms with Crippen molar-refractivity contribution in [3.63, 3.8) is 0 Å². The Morgan fingerprint density at radius 2 is 2.17 bits per heavy atom. The number of fused-ring (bicyclic) bond motifs is 2. The molecule has 1 fully saturated rings. The number of rotatable bonds is 2. The third-order valence-electron chi connectivity index (χ3n) is 5.91. The molecule has 1 aromatic carbocycles. The summed E-state index contributed by atoms with van der Waals surface area (Å²) < 4.78 is 34.8. The molecule has 5 rings (SSSR count). The van der Waals surface area contributed by atoms with Crippen LogP contribution in [-0.2, 0) is 12.3 Å². The Hall–Kier alpha value is -3.07. The number of aliphatic hydroxyl groups excluding tert-OH is 1. The molecule has 3 aliphatic rings. The Kier molecular flexibility index (Phi) is 4.08. The number of nitrogens with one attached hydrogen (secondary N) is 1. The number of halogens is 2. The highest BCUT2D eigenvalue weighted by molar-refractivity contribution is 5.99. The van der Waals surface area contributed by atoms with Crippen molar-refractivity contribution in [1.82, 2.24) is 15.3 Å². The van der Waals surface area contributed by atoms with Gasteiger partial charge in [-0.1, -0.05) is 12.6 Å². The van der Waals surface area contributed by atoms with Crippen LogP contribution in [0.3, 0.4) is 0 Å². The minimum atomic E-state index is -3.03. The molecule has 2 aromatic rings. The zero-order valence-corrected chi connectivity index (χ0v) is 16.3. The first-order valence-electron chi connectivity index (χ1n) is 9.75. The molecule has 156 valence electrons. The molecule has 1 amide bonds. The number of ether oxygens (including phenoxy) is 1. The van der Waals surface area contributed by atoms with E-state index in [0.29, 0.717) is 40.4 Å². The van der Waals surface area contributed by atoms with Gasteiger partial charge in [0.05, 0.1) is 23.4 Å². The van der Waals surface area contributed by atoms with E-state index < -0.39 is 12.0 Å². The summed E-state index contributed by atoms with van der Waals surface area (Å²) >= 11 is 0. The largest absolute Gasteiger partial charge is 0.487 e. The van der Waals surface area contributed by atoms with Crippen molar-refractivity contribution in [2.24, 2.45) is 0 Å². The van der Waals surface area contributed by atoms with Crippen molar-refractivity contribution in [2.45, 2.75) is 37.8 Å². The number of β-amino-alcohol motifs (C(OH)–C–C–N with tert-alkyl or cyclic N) is 1. The van der Waals surface area contributed by atoms with Crippen LogP contribution in [0, 0.1) is 0 Å². The van der Waals surface area contributed by atoms with Gasteiger partial charge in [0.1, 0.15) is 18.1 Å². The normalized spacial score (nSPS) is 24.3. The minimum absolute atomic E-state index is 0.122. The van der Waals surface area contributed by atoms with Crippen molar-refractivity contribution in [3.05, 3.63) is 47.3 Å². The van der Waals surface area contributed by atoms with E-state index >= 15 is 0 Å². The number of carbonyl (C=O) groups is 1. The molecule has 2 aliphatic heterocycles. The van der Waals surface area contributed by atoms with Gasteiger partial charge in [0, 0.05) is 29.8 Å². The van der Waals surface area contributed by atoms with Crippen molar-refractivity contribution < 1.29 is 23.4 Å². The smallest absolute Gasteiger partial charge is 0.290 e. The average molecular weight is 414 g/mol. The molecular weight excluding hydrogens is 394 g/mol. The first kappa shape index (κ1) is 18.9. The fraction of sp³-hybridized carbons (Fsp3) is 0.381. The van der Waals surface area contributed by atoms with Crippen LogP contribution in [-0.4, -0.2) is 46.3 Å². The second-order valence-corrected chi connectivity index (χ2v) is 7.92. The summed E-state index contributed by atoms with van der Waals surface area (Å²) in [6.45, 7) is 5.93. The SMILES string of the molecule is C=C1COc2cc(-c3nc(N4C[C@@H](O)[C@@H]4C)nc4c3CCC4(F)F)ccc2C(=O)N1. The number of anilines is 1. The van der Waals surface area contributed by atoms with Gasteiger partial charge in [-0.25, -0.2) is 9.97 Å². The molecule has 1 aromatic heterocycles. The van der Waals surface area contributed by atoms with Gasteiger partial charge in [0.25, 0.3) is 11.8 Å². The molecule has 1 saturated heterocycles. The van der Waals surface area contributed by atoms with Crippen LogP contribution in [0.15, 0.2) is 30.5 Å². The number of hydrogen-bond donors (Lipinski definition) is 2. The summed E-state index contributed by atoms with van der Waals surface area (Å²) in [6, 6.07) is 4.66. The highest BCUT2D eigenvalue weighted by Crippen LogP contribution is 2.45. The van der Waals surface area contributed by atoms with Crippen LogP contribution < -0.4 is 15.0 Å². The number of aromatic nitrogens is 2. The number of hydrogen-bond acceptors (Lipinski definition) is 6. The molecule has 2 atom stereocenters. The van der Waals surface area contributed by atoms with Gasteiger partial charge in [-0.05, 0) is 25.5 Å². The second kappa shape index (κ2) is 6.46. The molecule has 30 heavy (non-hydrogen) atoms. The lowest BCUT2D eigenvalue weighted by molar-refractivity contribution is -0.00603. The number of alkyl halides is 2. The van der Waals surface area contributed by atoms with Crippen LogP contribution in [0.2, 0.25) is 0 Å². The molecule has 9 heteroatoms. The molecule has 2 N–H and O–H groups in total. The van der Waals surface area contributed by atoms with Gasteiger partial charge in [0.15, 0.2) is 0 Å². The number of aliphatic hydroxyl groups is 1. The molecule has 0 unspecified atom stereocenters. The first-order valence-corrected chi connectivity index (χ1v) is 9.75. The predicted molar refractivity (Wildman–Crippen MR) is 105 cm³/mol. The van der Waals surface area contributed by atoms with E-state index in [1.54, 1.807) is 30.0 Å². The van der Waals surface area contributed by atoms with Gasteiger partial charge in [0.2, 0.25) is 5.95 Å². The van der Waals surface area contributed by atoms with Gasteiger partial charge in [-0.2, -0.15) is 8.78 Å². The summed E-state index contributed by atoms with van der Waals surface area (Å²) in [4.78, 5) is 22.8. The lowest BCUT2D eigenvalue weighted by Crippen LogP contribution is -2.59. The lowest BCUT2D eigenvalue weighted by Gasteiger charge is -2.43. The van der Waals surface area contributed by atoms with Gasteiger partial charge >= 0.3 is 0 Å². The van der Waals surface area contributed by atoms with E-state index in [0.717, 1.165) is 0 Å². The molecule has 7 nitrogen and oxygen atoms in total. The number of benzene rings is 1. The Morgan fingerprint density at radius 3 is 2.90 bits per heavy atom. The van der Waals surface area contributed by atoms with E-state index in [9.17, 15) is 18.7 Å². The van der Waals surface area contributed by atoms with Gasteiger partial charge < -0.3 is 20.1 Å². The maximum Gasteiger partial charge on any atom is 0.290 e. The maximum atomic E-state index is 14.5. The summed E-state index contributed by atoms with van der Waals surface area (Å²) in [5.74, 6) is -2.85. The molecular formula is C21H20F2N4O3.